The topological polar surface area (TPSA) is 155 Å². The van der Waals surface area contributed by atoms with Crippen molar-refractivity contribution in [3.05, 3.63) is 24.3 Å². The summed E-state index contributed by atoms with van der Waals surface area (Å²) < 4.78 is 33.1. The van der Waals surface area contributed by atoms with Gasteiger partial charge in [0.2, 0.25) is 0 Å². The van der Waals surface area contributed by atoms with Gasteiger partial charge >= 0.3 is 19.8 Å². The molecule has 0 aromatic heterocycles. The molecule has 0 radical (unpaired) electrons. The summed E-state index contributed by atoms with van der Waals surface area (Å²) >= 11 is 0. The molecular formula is C36H68NO9P. The number of hydrogen-bond donors (Lipinski definition) is 3. The summed E-state index contributed by atoms with van der Waals surface area (Å²) in [5.74, 6) is -1.78. The average Bonchev–Trinajstić information content (AvgIpc) is 3.04. The van der Waals surface area contributed by atoms with Crippen molar-refractivity contribution in [1.29, 1.82) is 0 Å². The fourth-order valence-corrected chi connectivity index (χ4v) is 5.57. The van der Waals surface area contributed by atoms with Gasteiger partial charge in [-0.1, -0.05) is 134 Å². The highest BCUT2D eigenvalue weighted by Crippen LogP contribution is 2.43. The van der Waals surface area contributed by atoms with Gasteiger partial charge in [-0.3, -0.25) is 18.6 Å². The number of allylic oxidation sites excluding steroid dienone is 4. The van der Waals surface area contributed by atoms with E-state index in [4.69, 9.17) is 24.8 Å². The van der Waals surface area contributed by atoms with Crippen LogP contribution in [0.4, 0.5) is 0 Å². The molecule has 0 aliphatic heterocycles. The van der Waals surface area contributed by atoms with Gasteiger partial charge in [-0.15, -0.1) is 0 Å². The zero-order chi connectivity index (χ0) is 34.9. The van der Waals surface area contributed by atoms with Gasteiger partial charge in [0.1, 0.15) is 12.1 Å². The van der Waals surface area contributed by atoms with E-state index >= 15 is 0 Å². The number of rotatable bonds is 35. The van der Waals surface area contributed by atoms with E-state index in [9.17, 15) is 19.0 Å². The molecule has 11 heteroatoms. The van der Waals surface area contributed by atoms with E-state index in [0.717, 1.165) is 51.4 Å². The van der Waals surface area contributed by atoms with Crippen molar-refractivity contribution in [1.82, 2.24) is 0 Å². The summed E-state index contributed by atoms with van der Waals surface area (Å²) in [5.41, 5.74) is 5.33. The van der Waals surface area contributed by atoms with E-state index in [-0.39, 0.29) is 13.0 Å². The molecule has 0 saturated carbocycles. The summed E-state index contributed by atoms with van der Waals surface area (Å²) in [5, 5.41) is 8.85. The summed E-state index contributed by atoms with van der Waals surface area (Å²) in [4.78, 5) is 33.3. The Bertz CT molecular complexity index is 852. The maximum absolute atomic E-state index is 12.5. The van der Waals surface area contributed by atoms with Crippen LogP contribution in [0.1, 0.15) is 155 Å². The first-order valence-corrected chi connectivity index (χ1v) is 19.9. The third-order valence-corrected chi connectivity index (χ3v) is 8.68. The zero-order valence-electron chi connectivity index (χ0n) is 29.6. The van der Waals surface area contributed by atoms with Crippen LogP contribution in [0, 0.1) is 0 Å². The first kappa shape index (κ1) is 45.5. The molecule has 0 aliphatic rings. The minimum Gasteiger partial charge on any atom is -0.480 e. The molecule has 3 unspecified atom stereocenters. The standard InChI is InChI=1S/C36H68NO9P/c1-3-5-7-9-11-13-15-16-17-18-19-21-23-25-27-29-43-30-33(31-44-47(41,42)45-32-34(37)36(39)40)46-35(38)28-26-24-22-20-14-12-10-8-6-4-2/h9,11,15-16,33-34H,3-8,10,12-14,17-32,37H2,1-2H3,(H,39,40)(H,41,42)/b11-9-,16-15-. The highest BCUT2D eigenvalue weighted by atomic mass is 31.2. The van der Waals surface area contributed by atoms with Crippen molar-refractivity contribution < 1.29 is 42.7 Å². The number of phosphoric ester groups is 1. The smallest absolute Gasteiger partial charge is 0.472 e. The molecule has 3 atom stereocenters. The normalized spacial score (nSPS) is 14.5. The lowest BCUT2D eigenvalue weighted by atomic mass is 10.1. The lowest BCUT2D eigenvalue weighted by molar-refractivity contribution is -0.154. The molecule has 0 aromatic rings. The van der Waals surface area contributed by atoms with Gasteiger partial charge in [0.05, 0.1) is 19.8 Å². The van der Waals surface area contributed by atoms with Gasteiger partial charge in [-0.2, -0.15) is 0 Å². The van der Waals surface area contributed by atoms with Crippen molar-refractivity contribution in [2.45, 2.75) is 167 Å². The van der Waals surface area contributed by atoms with Gasteiger partial charge < -0.3 is 25.2 Å². The molecule has 0 aromatic carbocycles. The summed E-state index contributed by atoms with van der Waals surface area (Å²) in [6, 6.07) is -1.47. The summed E-state index contributed by atoms with van der Waals surface area (Å²) in [7, 11) is -4.60. The van der Waals surface area contributed by atoms with Crippen molar-refractivity contribution in [3.8, 4) is 0 Å². The fourth-order valence-electron chi connectivity index (χ4n) is 4.80. The molecular weight excluding hydrogens is 621 g/mol. The summed E-state index contributed by atoms with van der Waals surface area (Å²) in [6.07, 6.45) is 32.3. The lowest BCUT2D eigenvalue weighted by Crippen LogP contribution is -2.34. The van der Waals surface area contributed by atoms with Crippen LogP contribution in [0.25, 0.3) is 0 Å². The molecule has 276 valence electrons. The fraction of sp³-hybridized carbons (Fsp3) is 0.833. The molecule has 4 N–H and O–H groups in total. The molecule has 0 rings (SSSR count). The van der Waals surface area contributed by atoms with Gasteiger partial charge in [0, 0.05) is 13.0 Å². The number of aliphatic carboxylic acids is 1. The van der Waals surface area contributed by atoms with E-state index in [0.29, 0.717) is 13.0 Å². The van der Waals surface area contributed by atoms with Crippen molar-refractivity contribution in [3.63, 3.8) is 0 Å². The molecule has 0 heterocycles. The molecule has 0 aliphatic carbocycles. The van der Waals surface area contributed by atoms with Crippen LogP contribution in [0.2, 0.25) is 0 Å². The first-order valence-electron chi connectivity index (χ1n) is 18.4. The van der Waals surface area contributed by atoms with E-state index < -0.39 is 45.1 Å². The second kappa shape index (κ2) is 33.0. The highest BCUT2D eigenvalue weighted by Gasteiger charge is 2.27. The third-order valence-electron chi connectivity index (χ3n) is 7.73. The Morgan fingerprint density at radius 1 is 0.681 bits per heavy atom. The second-order valence-corrected chi connectivity index (χ2v) is 13.8. The number of hydrogen-bond acceptors (Lipinski definition) is 8. The van der Waals surface area contributed by atoms with Gasteiger partial charge in [0.15, 0.2) is 0 Å². The van der Waals surface area contributed by atoms with Crippen molar-refractivity contribution in [2.24, 2.45) is 5.73 Å². The maximum Gasteiger partial charge on any atom is 0.472 e. The van der Waals surface area contributed by atoms with Crippen LogP contribution in [0.5, 0.6) is 0 Å². The number of phosphoric acid groups is 1. The quantitative estimate of drug-likeness (QED) is 0.0254. The van der Waals surface area contributed by atoms with Crippen LogP contribution < -0.4 is 5.73 Å². The number of esters is 1. The number of ether oxygens (including phenoxy) is 2. The minimum absolute atomic E-state index is 0.0124. The van der Waals surface area contributed by atoms with Gasteiger partial charge in [0.25, 0.3) is 0 Å². The van der Waals surface area contributed by atoms with Crippen molar-refractivity contribution >= 4 is 19.8 Å². The monoisotopic (exact) mass is 689 g/mol. The van der Waals surface area contributed by atoms with Gasteiger partial charge in [-0.25, -0.2) is 4.57 Å². The van der Waals surface area contributed by atoms with E-state index in [1.165, 1.54) is 77.0 Å². The zero-order valence-corrected chi connectivity index (χ0v) is 30.5. The van der Waals surface area contributed by atoms with Crippen molar-refractivity contribution in [2.75, 3.05) is 26.4 Å². The molecule has 0 spiro atoms. The first-order chi connectivity index (χ1) is 22.7. The Labute approximate surface area is 285 Å². The van der Waals surface area contributed by atoms with E-state index in [1.807, 2.05) is 0 Å². The van der Waals surface area contributed by atoms with Gasteiger partial charge in [-0.05, 0) is 38.5 Å². The second-order valence-electron chi connectivity index (χ2n) is 12.4. The van der Waals surface area contributed by atoms with Crippen LogP contribution in [-0.2, 0) is 32.7 Å². The number of carboxylic acid groups (broad SMARTS) is 1. The molecule has 47 heavy (non-hydrogen) atoms. The Morgan fingerprint density at radius 3 is 1.79 bits per heavy atom. The predicted molar refractivity (Wildman–Crippen MR) is 189 cm³/mol. The Morgan fingerprint density at radius 2 is 1.19 bits per heavy atom. The molecule has 0 amide bonds. The maximum atomic E-state index is 12.5. The number of nitrogens with two attached hydrogens (primary N) is 1. The molecule has 10 nitrogen and oxygen atoms in total. The average molecular weight is 690 g/mol. The predicted octanol–water partition coefficient (Wildman–Crippen LogP) is 9.19. The lowest BCUT2D eigenvalue weighted by Gasteiger charge is -2.20. The number of carbonyl (C=O) groups excluding carboxylic acids is 1. The molecule has 0 fully saturated rings. The highest BCUT2D eigenvalue weighted by molar-refractivity contribution is 7.47. The van der Waals surface area contributed by atoms with Crippen LogP contribution >= 0.6 is 7.82 Å². The van der Waals surface area contributed by atoms with E-state index in [2.05, 4.69) is 42.7 Å². The molecule has 0 saturated heterocycles. The third kappa shape index (κ3) is 32.8. The summed E-state index contributed by atoms with van der Waals surface area (Å²) in [6.45, 7) is 3.79. The van der Waals surface area contributed by atoms with Crippen LogP contribution in [-0.4, -0.2) is 60.5 Å². The Balaban J connectivity index is 4.32. The Hall–Kier alpha value is -1.55. The largest absolute Gasteiger partial charge is 0.480 e. The number of carbonyl (C=O) groups is 2. The molecule has 0 bridgehead atoms. The SMILES string of the molecule is CCCC/C=C\C/C=C\CCCCCCCCOCC(COP(=O)(O)OCC(N)C(=O)O)OC(=O)CCCCCCCCCCCC. The van der Waals surface area contributed by atoms with Crippen LogP contribution in [0.3, 0.4) is 0 Å². The van der Waals surface area contributed by atoms with Crippen LogP contribution in [0.15, 0.2) is 24.3 Å². The minimum atomic E-state index is -4.60. The number of carboxylic acids is 1. The Kier molecular flexibility index (Phi) is 31.9. The van der Waals surface area contributed by atoms with E-state index in [1.54, 1.807) is 0 Å². The number of unbranched alkanes of at least 4 members (excludes halogenated alkanes) is 17.